The van der Waals surface area contributed by atoms with Crippen LogP contribution < -0.4 is 14.8 Å². The van der Waals surface area contributed by atoms with Crippen LogP contribution in [0.4, 0.5) is 13.6 Å². The van der Waals surface area contributed by atoms with Crippen LogP contribution in [0.5, 0.6) is 11.5 Å². The average molecular weight is 448 g/mol. The molecule has 1 saturated heterocycles. The molecule has 1 aliphatic rings. The Balaban J connectivity index is 1.57. The number of imide groups is 1. The molecule has 1 fully saturated rings. The number of nitrogens with zero attached hydrogens (tertiary/aromatic N) is 1. The number of methoxy groups -OCH3 is 1. The second kappa shape index (κ2) is 10.1. The summed E-state index contributed by atoms with van der Waals surface area (Å²) >= 11 is 0.770. The van der Waals surface area contributed by atoms with Crippen molar-refractivity contribution in [3.8, 4) is 11.5 Å². The minimum Gasteiger partial charge on any atom is -0.497 e. The summed E-state index contributed by atoms with van der Waals surface area (Å²) < 4.78 is 33.8. The minimum atomic E-state index is -2.92. The maximum absolute atomic E-state index is 12.5. The van der Waals surface area contributed by atoms with Gasteiger partial charge in [-0.05, 0) is 53.7 Å². The van der Waals surface area contributed by atoms with Crippen molar-refractivity contribution in [2.24, 2.45) is 0 Å². The Morgan fingerprint density at radius 2 is 1.90 bits per heavy atom. The van der Waals surface area contributed by atoms with Gasteiger partial charge in [0.25, 0.3) is 17.1 Å². The molecule has 2 aromatic rings. The lowest BCUT2D eigenvalue weighted by Gasteiger charge is -2.13. The Labute approximate surface area is 181 Å². The summed E-state index contributed by atoms with van der Waals surface area (Å²) in [4.78, 5) is 38.2. The molecule has 3 amide bonds. The third-order valence-corrected chi connectivity index (χ3v) is 5.14. The van der Waals surface area contributed by atoms with Crippen molar-refractivity contribution in [3.05, 3.63) is 64.6 Å². The van der Waals surface area contributed by atoms with Crippen LogP contribution in [0.1, 0.15) is 15.9 Å². The van der Waals surface area contributed by atoms with Gasteiger partial charge in [0, 0.05) is 18.7 Å². The van der Waals surface area contributed by atoms with Gasteiger partial charge < -0.3 is 14.8 Å². The predicted octanol–water partition coefficient (Wildman–Crippen LogP) is 3.76. The molecule has 162 valence electrons. The van der Waals surface area contributed by atoms with Crippen LogP contribution in [-0.2, 0) is 4.79 Å². The highest BCUT2D eigenvalue weighted by molar-refractivity contribution is 8.18. The van der Waals surface area contributed by atoms with E-state index in [0.717, 1.165) is 16.7 Å². The summed E-state index contributed by atoms with van der Waals surface area (Å²) in [6.07, 6.45) is 1.49. The fraction of sp³-hybridized carbons (Fsp3) is 0.190. The smallest absolute Gasteiger partial charge is 0.387 e. The molecule has 0 radical (unpaired) electrons. The minimum absolute atomic E-state index is 0.00738. The first-order chi connectivity index (χ1) is 14.9. The Kier molecular flexibility index (Phi) is 7.24. The number of carbonyl (C=O) groups is 3. The van der Waals surface area contributed by atoms with Gasteiger partial charge in [-0.2, -0.15) is 8.78 Å². The lowest BCUT2D eigenvalue weighted by molar-refractivity contribution is -0.122. The third-order valence-electron chi connectivity index (χ3n) is 4.23. The zero-order valence-corrected chi connectivity index (χ0v) is 17.2. The lowest BCUT2D eigenvalue weighted by Crippen LogP contribution is -2.37. The summed E-state index contributed by atoms with van der Waals surface area (Å²) in [6.45, 7) is -2.83. The number of nitrogens with one attached hydrogen (secondary N) is 1. The van der Waals surface area contributed by atoms with Crippen molar-refractivity contribution in [1.29, 1.82) is 0 Å². The second-order valence-electron chi connectivity index (χ2n) is 6.27. The molecule has 0 bridgehead atoms. The quantitative estimate of drug-likeness (QED) is 0.619. The summed E-state index contributed by atoms with van der Waals surface area (Å²) in [6, 6.07) is 12.3. The van der Waals surface area contributed by atoms with E-state index in [-0.39, 0.29) is 29.7 Å². The molecule has 7 nitrogen and oxygen atoms in total. The number of ether oxygens (including phenoxy) is 2. The first-order valence-corrected chi connectivity index (χ1v) is 9.91. The maximum atomic E-state index is 12.5. The molecule has 0 saturated carbocycles. The van der Waals surface area contributed by atoms with Crippen molar-refractivity contribution in [3.63, 3.8) is 0 Å². The molecule has 0 unspecified atom stereocenters. The SMILES string of the molecule is COc1cccc(C(=O)NCCN2C(=O)S/C(=C\c3ccc(OC(F)F)cc3)C2=O)c1. The van der Waals surface area contributed by atoms with Gasteiger partial charge in [-0.1, -0.05) is 18.2 Å². The van der Waals surface area contributed by atoms with Crippen molar-refractivity contribution in [2.75, 3.05) is 20.2 Å². The van der Waals surface area contributed by atoms with Crippen molar-refractivity contribution in [2.45, 2.75) is 6.61 Å². The molecule has 0 atom stereocenters. The fourth-order valence-electron chi connectivity index (χ4n) is 2.74. The largest absolute Gasteiger partial charge is 0.497 e. The number of thioether (sulfide) groups is 1. The van der Waals surface area contributed by atoms with Crippen LogP contribution >= 0.6 is 11.8 Å². The molecule has 0 aromatic heterocycles. The Morgan fingerprint density at radius 1 is 1.16 bits per heavy atom. The van der Waals surface area contributed by atoms with E-state index in [4.69, 9.17) is 4.74 Å². The van der Waals surface area contributed by atoms with E-state index in [1.165, 1.54) is 37.5 Å². The van der Waals surface area contributed by atoms with Gasteiger partial charge in [0.1, 0.15) is 11.5 Å². The Bertz CT molecular complexity index is 1010. The zero-order valence-electron chi connectivity index (χ0n) is 16.3. The molecule has 31 heavy (non-hydrogen) atoms. The zero-order chi connectivity index (χ0) is 22.4. The first-order valence-electron chi connectivity index (χ1n) is 9.10. The summed E-state index contributed by atoms with van der Waals surface area (Å²) in [5.74, 6) is -0.310. The van der Waals surface area contributed by atoms with Crippen LogP contribution in [0.25, 0.3) is 6.08 Å². The number of carbonyl (C=O) groups excluding carboxylic acids is 3. The summed E-state index contributed by atoms with van der Waals surface area (Å²) in [5.41, 5.74) is 0.950. The van der Waals surface area contributed by atoms with E-state index < -0.39 is 17.8 Å². The molecule has 10 heteroatoms. The standard InChI is InChI=1S/C21H18F2N2O5S/c1-29-16-4-2-3-14(12-16)18(26)24-9-10-25-19(27)17(31-21(25)28)11-13-5-7-15(8-6-13)30-20(22)23/h2-8,11-12,20H,9-10H2,1H3,(H,24,26)/b17-11-. The summed E-state index contributed by atoms with van der Waals surface area (Å²) in [7, 11) is 1.50. The monoisotopic (exact) mass is 448 g/mol. The van der Waals surface area contributed by atoms with E-state index in [2.05, 4.69) is 10.1 Å². The number of hydrogen-bond donors (Lipinski definition) is 1. The van der Waals surface area contributed by atoms with Gasteiger partial charge in [-0.15, -0.1) is 0 Å². The van der Waals surface area contributed by atoms with Crippen LogP contribution in [0.2, 0.25) is 0 Å². The van der Waals surface area contributed by atoms with E-state index in [1.54, 1.807) is 24.3 Å². The molecule has 1 aliphatic heterocycles. The van der Waals surface area contributed by atoms with Gasteiger partial charge in [-0.25, -0.2) is 0 Å². The second-order valence-corrected chi connectivity index (χ2v) is 7.26. The topological polar surface area (TPSA) is 84.9 Å². The molecule has 2 aromatic carbocycles. The number of alkyl halides is 2. The van der Waals surface area contributed by atoms with Crippen molar-refractivity contribution >= 4 is 34.9 Å². The predicted molar refractivity (Wildman–Crippen MR) is 111 cm³/mol. The molecule has 0 spiro atoms. The number of rotatable bonds is 8. The highest BCUT2D eigenvalue weighted by Gasteiger charge is 2.34. The van der Waals surface area contributed by atoms with E-state index in [0.29, 0.717) is 16.9 Å². The molecular formula is C21H18F2N2O5S. The van der Waals surface area contributed by atoms with Crippen LogP contribution in [0.3, 0.4) is 0 Å². The van der Waals surface area contributed by atoms with Gasteiger partial charge in [0.05, 0.1) is 12.0 Å². The first kappa shape index (κ1) is 22.3. The van der Waals surface area contributed by atoms with Crippen LogP contribution in [-0.4, -0.2) is 48.8 Å². The average Bonchev–Trinajstić information content (AvgIpc) is 3.02. The fourth-order valence-corrected chi connectivity index (χ4v) is 3.60. The molecule has 1 N–H and O–H groups in total. The van der Waals surface area contributed by atoms with Gasteiger partial charge in [-0.3, -0.25) is 19.3 Å². The van der Waals surface area contributed by atoms with Crippen LogP contribution in [0, 0.1) is 0 Å². The molecule has 0 aliphatic carbocycles. The lowest BCUT2D eigenvalue weighted by atomic mass is 10.2. The normalized spacial score (nSPS) is 15.0. The van der Waals surface area contributed by atoms with E-state index in [9.17, 15) is 23.2 Å². The molecule has 3 rings (SSSR count). The van der Waals surface area contributed by atoms with E-state index >= 15 is 0 Å². The number of hydrogen-bond acceptors (Lipinski definition) is 6. The molecular weight excluding hydrogens is 430 g/mol. The van der Waals surface area contributed by atoms with Crippen molar-refractivity contribution in [1.82, 2.24) is 10.2 Å². The highest BCUT2D eigenvalue weighted by atomic mass is 32.2. The third kappa shape index (κ3) is 5.82. The summed E-state index contributed by atoms with van der Waals surface area (Å²) in [5, 5.41) is 2.21. The number of amides is 3. The Hall–Kier alpha value is -3.40. The van der Waals surface area contributed by atoms with Crippen LogP contribution in [0.15, 0.2) is 53.4 Å². The maximum Gasteiger partial charge on any atom is 0.387 e. The highest BCUT2D eigenvalue weighted by Crippen LogP contribution is 2.32. The van der Waals surface area contributed by atoms with Crippen molar-refractivity contribution < 1.29 is 32.6 Å². The van der Waals surface area contributed by atoms with Gasteiger partial charge in [0.2, 0.25) is 0 Å². The van der Waals surface area contributed by atoms with Gasteiger partial charge >= 0.3 is 6.61 Å². The number of benzene rings is 2. The molecule has 1 heterocycles. The van der Waals surface area contributed by atoms with E-state index in [1.807, 2.05) is 0 Å². The number of halogens is 2. The van der Waals surface area contributed by atoms with Gasteiger partial charge in [0.15, 0.2) is 0 Å². The Morgan fingerprint density at radius 3 is 2.58 bits per heavy atom.